The van der Waals surface area contributed by atoms with Crippen molar-refractivity contribution in [3.8, 4) is 10.6 Å². The Morgan fingerprint density at radius 1 is 1.00 bits per heavy atom. The molecular formula is C28H36N4O2S. The summed E-state index contributed by atoms with van der Waals surface area (Å²) < 4.78 is 0. The molecule has 0 unspecified atom stereocenters. The predicted octanol–water partition coefficient (Wildman–Crippen LogP) is 5.15. The predicted molar refractivity (Wildman–Crippen MR) is 144 cm³/mol. The van der Waals surface area contributed by atoms with E-state index < -0.39 is 0 Å². The average molecular weight is 493 g/mol. The molecule has 0 saturated carbocycles. The summed E-state index contributed by atoms with van der Waals surface area (Å²) in [6, 6.07) is 13.9. The number of amides is 2. The van der Waals surface area contributed by atoms with E-state index >= 15 is 0 Å². The third-order valence-electron chi connectivity index (χ3n) is 5.86. The van der Waals surface area contributed by atoms with Crippen molar-refractivity contribution >= 4 is 23.2 Å². The van der Waals surface area contributed by atoms with Crippen LogP contribution in [0.4, 0.5) is 0 Å². The van der Waals surface area contributed by atoms with E-state index in [1.54, 1.807) is 24.2 Å². The standard InChI is InChI=1S/C28H36N4O2S/c1-4-6-14-32(3)28(34)25-18-23(17-24(19-25)27-31-13-15-35-27)26(33)30-12-8-11-29-20-22-10-7-9-21(5-2)16-22/h7,9-10,13,15-19,29H,4-6,8,11-12,14,20H2,1-3H3,(H,30,33). The molecule has 1 heterocycles. The van der Waals surface area contributed by atoms with E-state index in [2.05, 4.69) is 53.7 Å². The van der Waals surface area contributed by atoms with Crippen LogP contribution in [0, 0.1) is 0 Å². The molecule has 0 saturated heterocycles. The number of carbonyl (C=O) groups is 2. The van der Waals surface area contributed by atoms with E-state index in [0.717, 1.165) is 49.3 Å². The van der Waals surface area contributed by atoms with Gasteiger partial charge in [-0.1, -0.05) is 44.5 Å². The highest BCUT2D eigenvalue weighted by Crippen LogP contribution is 2.25. The Labute approximate surface area is 212 Å². The number of carbonyl (C=O) groups excluding carboxylic acids is 2. The van der Waals surface area contributed by atoms with Crippen LogP contribution in [-0.2, 0) is 13.0 Å². The number of hydrogen-bond donors (Lipinski definition) is 2. The fourth-order valence-corrected chi connectivity index (χ4v) is 4.42. The zero-order valence-electron chi connectivity index (χ0n) is 21.0. The number of unbranched alkanes of at least 4 members (excludes halogenated alkanes) is 1. The summed E-state index contributed by atoms with van der Waals surface area (Å²) in [6.45, 7) is 7.13. The molecule has 3 aromatic rings. The topological polar surface area (TPSA) is 74.3 Å². The maximum Gasteiger partial charge on any atom is 0.253 e. The summed E-state index contributed by atoms with van der Waals surface area (Å²) in [7, 11) is 1.80. The van der Waals surface area contributed by atoms with Crippen molar-refractivity contribution in [1.29, 1.82) is 0 Å². The number of aromatic nitrogens is 1. The van der Waals surface area contributed by atoms with Gasteiger partial charge in [-0.2, -0.15) is 0 Å². The lowest BCUT2D eigenvalue weighted by molar-refractivity contribution is 0.0793. The van der Waals surface area contributed by atoms with Gasteiger partial charge in [0, 0.05) is 54.9 Å². The molecule has 0 radical (unpaired) electrons. The second-order valence-corrected chi connectivity index (χ2v) is 9.57. The van der Waals surface area contributed by atoms with Crippen LogP contribution in [0.25, 0.3) is 10.6 Å². The molecule has 0 aliphatic heterocycles. The van der Waals surface area contributed by atoms with Gasteiger partial charge in [0.25, 0.3) is 11.8 Å². The zero-order valence-corrected chi connectivity index (χ0v) is 21.8. The van der Waals surface area contributed by atoms with Crippen molar-refractivity contribution in [2.75, 3.05) is 26.7 Å². The van der Waals surface area contributed by atoms with Gasteiger partial charge in [0.05, 0.1) is 0 Å². The SMILES string of the molecule is CCCCN(C)C(=O)c1cc(C(=O)NCCCNCc2cccc(CC)c2)cc(-c2nccs2)c1. The van der Waals surface area contributed by atoms with Crippen LogP contribution in [0.3, 0.4) is 0 Å². The molecule has 0 fully saturated rings. The minimum atomic E-state index is -0.177. The fraction of sp³-hybridized carbons (Fsp3) is 0.393. The summed E-state index contributed by atoms with van der Waals surface area (Å²) >= 11 is 1.49. The highest BCUT2D eigenvalue weighted by atomic mass is 32.1. The molecular weight excluding hydrogens is 456 g/mol. The van der Waals surface area contributed by atoms with Crippen molar-refractivity contribution in [1.82, 2.24) is 20.5 Å². The first-order chi connectivity index (χ1) is 17.0. The van der Waals surface area contributed by atoms with E-state index in [4.69, 9.17) is 0 Å². The van der Waals surface area contributed by atoms with Crippen molar-refractivity contribution in [3.63, 3.8) is 0 Å². The number of benzene rings is 2. The van der Waals surface area contributed by atoms with Gasteiger partial charge < -0.3 is 15.5 Å². The summed E-state index contributed by atoms with van der Waals surface area (Å²) in [5.74, 6) is -0.258. The molecule has 0 bridgehead atoms. The first-order valence-electron chi connectivity index (χ1n) is 12.4. The molecule has 3 rings (SSSR count). The van der Waals surface area contributed by atoms with Crippen LogP contribution in [0.5, 0.6) is 0 Å². The van der Waals surface area contributed by atoms with Gasteiger partial charge in [0.1, 0.15) is 5.01 Å². The van der Waals surface area contributed by atoms with Gasteiger partial charge in [0.15, 0.2) is 0 Å². The number of nitrogens with one attached hydrogen (secondary N) is 2. The molecule has 0 spiro atoms. The van der Waals surface area contributed by atoms with Gasteiger partial charge in [-0.25, -0.2) is 4.98 Å². The van der Waals surface area contributed by atoms with Gasteiger partial charge in [-0.3, -0.25) is 9.59 Å². The lowest BCUT2D eigenvalue weighted by Gasteiger charge is -2.18. The molecule has 0 atom stereocenters. The Morgan fingerprint density at radius 3 is 2.54 bits per heavy atom. The number of nitrogens with zero attached hydrogens (tertiary/aromatic N) is 2. The summed E-state index contributed by atoms with van der Waals surface area (Å²) in [5.41, 5.74) is 4.39. The minimum absolute atomic E-state index is 0.0813. The monoisotopic (exact) mass is 492 g/mol. The molecule has 6 nitrogen and oxygen atoms in total. The van der Waals surface area contributed by atoms with Crippen LogP contribution < -0.4 is 10.6 Å². The van der Waals surface area contributed by atoms with Crippen LogP contribution in [-0.4, -0.2) is 48.4 Å². The molecule has 1 aromatic heterocycles. The van der Waals surface area contributed by atoms with E-state index in [1.165, 1.54) is 22.5 Å². The van der Waals surface area contributed by atoms with Crippen LogP contribution in [0.2, 0.25) is 0 Å². The normalized spacial score (nSPS) is 10.8. The molecule has 7 heteroatoms. The maximum atomic E-state index is 13.0. The van der Waals surface area contributed by atoms with Crippen LogP contribution in [0.15, 0.2) is 54.0 Å². The summed E-state index contributed by atoms with van der Waals surface area (Å²) in [5, 5.41) is 9.12. The smallest absolute Gasteiger partial charge is 0.253 e. The molecule has 2 amide bonds. The van der Waals surface area contributed by atoms with Crippen molar-refractivity contribution in [2.45, 2.75) is 46.1 Å². The number of rotatable bonds is 13. The first-order valence-corrected chi connectivity index (χ1v) is 13.3. The van der Waals surface area contributed by atoms with Gasteiger partial charge in [-0.15, -0.1) is 11.3 Å². The van der Waals surface area contributed by atoms with E-state index in [1.807, 2.05) is 17.5 Å². The van der Waals surface area contributed by atoms with Crippen molar-refractivity contribution < 1.29 is 9.59 Å². The number of thiazole rings is 1. The van der Waals surface area contributed by atoms with E-state index in [0.29, 0.717) is 24.2 Å². The second kappa shape index (κ2) is 13.8. The number of hydrogen-bond acceptors (Lipinski definition) is 5. The Balaban J connectivity index is 1.58. The quantitative estimate of drug-likeness (QED) is 0.324. The molecule has 0 aliphatic carbocycles. The Morgan fingerprint density at radius 2 is 1.80 bits per heavy atom. The summed E-state index contributed by atoms with van der Waals surface area (Å²) in [4.78, 5) is 32.0. The average Bonchev–Trinajstić information content (AvgIpc) is 3.43. The largest absolute Gasteiger partial charge is 0.352 e. The highest BCUT2D eigenvalue weighted by Gasteiger charge is 2.17. The lowest BCUT2D eigenvalue weighted by atomic mass is 10.0. The molecule has 0 aliphatic rings. The third-order valence-corrected chi connectivity index (χ3v) is 6.68. The molecule has 2 aromatic carbocycles. The highest BCUT2D eigenvalue weighted by molar-refractivity contribution is 7.13. The van der Waals surface area contributed by atoms with E-state index in [9.17, 15) is 9.59 Å². The molecule has 2 N–H and O–H groups in total. The zero-order chi connectivity index (χ0) is 25.0. The van der Waals surface area contributed by atoms with E-state index in [-0.39, 0.29) is 11.8 Å². The second-order valence-electron chi connectivity index (χ2n) is 8.68. The summed E-state index contributed by atoms with van der Waals surface area (Å²) in [6.07, 6.45) is 5.54. The third kappa shape index (κ3) is 8.01. The fourth-order valence-electron chi connectivity index (χ4n) is 3.80. The van der Waals surface area contributed by atoms with Crippen molar-refractivity contribution in [3.05, 3.63) is 76.3 Å². The number of aryl methyl sites for hydroxylation is 1. The van der Waals surface area contributed by atoms with Crippen LogP contribution in [0.1, 0.15) is 65.0 Å². The van der Waals surface area contributed by atoms with Crippen molar-refractivity contribution in [2.24, 2.45) is 0 Å². The van der Waals surface area contributed by atoms with Gasteiger partial charge >= 0.3 is 0 Å². The Bertz CT molecular complexity index is 1100. The van der Waals surface area contributed by atoms with Gasteiger partial charge in [0.2, 0.25) is 0 Å². The minimum Gasteiger partial charge on any atom is -0.352 e. The first kappa shape index (κ1) is 26.6. The lowest BCUT2D eigenvalue weighted by Crippen LogP contribution is -2.29. The maximum absolute atomic E-state index is 13.0. The Hall–Kier alpha value is -3.03. The Kier molecular flexibility index (Phi) is 10.4. The van der Waals surface area contributed by atoms with Crippen LogP contribution >= 0.6 is 11.3 Å². The van der Waals surface area contributed by atoms with Gasteiger partial charge in [-0.05, 0) is 55.1 Å². The molecule has 35 heavy (non-hydrogen) atoms. The molecule has 186 valence electrons.